The monoisotopic (exact) mass is 508 g/mol. The summed E-state index contributed by atoms with van der Waals surface area (Å²) in [6.45, 7) is 17.9. The van der Waals surface area contributed by atoms with Crippen LogP contribution in [-0.2, 0) is 9.31 Å². The zero-order valence-corrected chi connectivity index (χ0v) is 24.5. The van der Waals surface area contributed by atoms with E-state index in [1.165, 1.54) is 31.7 Å². The molecule has 0 saturated carbocycles. The van der Waals surface area contributed by atoms with E-state index in [9.17, 15) is 4.39 Å². The van der Waals surface area contributed by atoms with Gasteiger partial charge < -0.3 is 18.4 Å². The second-order valence-electron chi connectivity index (χ2n) is 10.3. The summed E-state index contributed by atoms with van der Waals surface area (Å²) in [5.41, 5.74) is 0.946. The maximum absolute atomic E-state index is 14.6. The molecule has 0 radical (unpaired) electrons. The zero-order valence-electron chi connectivity index (χ0n) is 24.5. The molecule has 0 saturated heterocycles. The predicted octanol–water partition coefficient (Wildman–Crippen LogP) is 8.88. The molecule has 0 spiro atoms. The van der Waals surface area contributed by atoms with Crippen molar-refractivity contribution in [3.8, 4) is 5.75 Å². The number of hydrogen-bond donors (Lipinski definition) is 0. The summed E-state index contributed by atoms with van der Waals surface area (Å²) in [6.07, 6.45) is 13.3. The van der Waals surface area contributed by atoms with E-state index in [4.69, 9.17) is 14.0 Å². The third-order valence-electron chi connectivity index (χ3n) is 7.11. The van der Waals surface area contributed by atoms with Crippen LogP contribution in [0.4, 0.5) is 4.39 Å². The quantitative estimate of drug-likeness (QED) is 0.0839. The summed E-state index contributed by atoms with van der Waals surface area (Å²) in [5.74, 6) is 0.483. The SMILES string of the molecule is CCCCCCOB(OCCCCCC)Oc1ccc(F)cc1C(CC)[N+](CCC)(CCC)CCC. The number of benzene rings is 1. The lowest BCUT2D eigenvalue weighted by molar-refractivity contribution is -0.957. The summed E-state index contributed by atoms with van der Waals surface area (Å²) in [5, 5.41) is 0. The van der Waals surface area contributed by atoms with Gasteiger partial charge in [-0.3, -0.25) is 0 Å². The van der Waals surface area contributed by atoms with Gasteiger partial charge in [0.05, 0.1) is 25.2 Å². The second-order valence-corrected chi connectivity index (χ2v) is 10.3. The van der Waals surface area contributed by atoms with E-state index in [0.29, 0.717) is 19.0 Å². The number of nitrogens with zero attached hydrogens (tertiary/aromatic N) is 1. The van der Waals surface area contributed by atoms with E-state index in [-0.39, 0.29) is 11.9 Å². The highest BCUT2D eigenvalue weighted by atomic mass is 19.1. The molecule has 0 heterocycles. The summed E-state index contributed by atoms with van der Waals surface area (Å²) in [7, 11) is -0.764. The first-order chi connectivity index (χ1) is 17.5. The lowest BCUT2D eigenvalue weighted by Crippen LogP contribution is -2.52. The molecule has 1 aromatic rings. The largest absolute Gasteiger partial charge is 0.713 e. The Labute approximate surface area is 223 Å². The fourth-order valence-electron chi connectivity index (χ4n) is 5.56. The maximum Gasteiger partial charge on any atom is 0.713 e. The van der Waals surface area contributed by atoms with Crippen molar-refractivity contribution in [3.63, 3.8) is 0 Å². The van der Waals surface area contributed by atoms with Crippen molar-refractivity contribution in [2.24, 2.45) is 0 Å². The van der Waals surface area contributed by atoms with Crippen LogP contribution in [0.1, 0.15) is 130 Å². The Kier molecular flexibility index (Phi) is 18.2. The van der Waals surface area contributed by atoms with Crippen molar-refractivity contribution < 1.29 is 22.8 Å². The minimum Gasteiger partial charge on any atom is -0.511 e. The van der Waals surface area contributed by atoms with Gasteiger partial charge in [-0.05, 0) is 50.3 Å². The van der Waals surface area contributed by atoms with Gasteiger partial charge in [-0.15, -0.1) is 0 Å². The molecule has 1 aromatic carbocycles. The zero-order chi connectivity index (χ0) is 26.7. The molecule has 0 aliphatic rings. The average molecular weight is 509 g/mol. The number of hydrogen-bond acceptors (Lipinski definition) is 3. The molecule has 0 fully saturated rings. The molecular weight excluding hydrogens is 452 g/mol. The molecule has 36 heavy (non-hydrogen) atoms. The highest BCUT2D eigenvalue weighted by molar-refractivity contribution is 6.37. The standard InChI is InChI=1S/C30H56BFNO3/c1-7-13-15-17-24-34-31(35-25-18-16-14-8-2)36-30-20-19-27(32)26-28(30)29(12-6)33(21-9-3,22-10-4)23-11-5/h19-20,26,29H,7-18,21-25H2,1-6H3/q+1. The summed E-state index contributed by atoms with van der Waals surface area (Å²) in [4.78, 5) is 0. The van der Waals surface area contributed by atoms with Gasteiger partial charge in [0.25, 0.3) is 0 Å². The third-order valence-corrected chi connectivity index (χ3v) is 7.11. The van der Waals surface area contributed by atoms with Gasteiger partial charge in [0.2, 0.25) is 0 Å². The Balaban J connectivity index is 3.19. The highest BCUT2D eigenvalue weighted by Gasteiger charge is 2.38. The van der Waals surface area contributed by atoms with E-state index in [2.05, 4.69) is 41.5 Å². The van der Waals surface area contributed by atoms with E-state index in [1.54, 1.807) is 12.1 Å². The predicted molar refractivity (Wildman–Crippen MR) is 152 cm³/mol. The molecule has 0 aliphatic carbocycles. The van der Waals surface area contributed by atoms with Gasteiger partial charge in [0, 0.05) is 19.6 Å². The van der Waals surface area contributed by atoms with E-state index < -0.39 is 7.32 Å². The molecule has 0 bridgehead atoms. The molecular formula is C30H56BFNO3+. The molecule has 4 nitrogen and oxygen atoms in total. The van der Waals surface area contributed by atoms with Gasteiger partial charge in [-0.1, -0.05) is 80.1 Å². The van der Waals surface area contributed by atoms with Crippen molar-refractivity contribution in [2.75, 3.05) is 32.8 Å². The van der Waals surface area contributed by atoms with Gasteiger partial charge in [-0.25, -0.2) is 4.39 Å². The molecule has 0 amide bonds. The summed E-state index contributed by atoms with van der Waals surface area (Å²) in [6, 6.07) is 5.14. The van der Waals surface area contributed by atoms with E-state index >= 15 is 0 Å². The van der Waals surface area contributed by atoms with Crippen LogP contribution >= 0.6 is 0 Å². The minimum atomic E-state index is -0.764. The molecule has 0 aliphatic heterocycles. The topological polar surface area (TPSA) is 27.7 Å². The van der Waals surface area contributed by atoms with Crippen LogP contribution in [0.2, 0.25) is 0 Å². The van der Waals surface area contributed by atoms with Crippen molar-refractivity contribution in [2.45, 2.75) is 125 Å². The fraction of sp³-hybridized carbons (Fsp3) is 0.800. The first-order valence-corrected chi connectivity index (χ1v) is 15.1. The maximum atomic E-state index is 14.6. The Morgan fingerprint density at radius 2 is 1.25 bits per heavy atom. The molecule has 0 aromatic heterocycles. The minimum absolute atomic E-state index is 0.172. The highest BCUT2D eigenvalue weighted by Crippen LogP contribution is 2.39. The van der Waals surface area contributed by atoms with Gasteiger partial charge >= 0.3 is 7.32 Å². The Bertz CT molecular complexity index is 645. The van der Waals surface area contributed by atoms with Crippen LogP contribution in [0.5, 0.6) is 5.75 Å². The first kappa shape index (κ1) is 32.9. The number of halogens is 1. The Hall–Kier alpha value is -1.11. The van der Waals surface area contributed by atoms with Crippen molar-refractivity contribution in [1.82, 2.24) is 0 Å². The molecule has 1 atom stereocenters. The van der Waals surface area contributed by atoms with Crippen LogP contribution in [0, 0.1) is 5.82 Å². The summed E-state index contributed by atoms with van der Waals surface area (Å²) < 4.78 is 34.2. The van der Waals surface area contributed by atoms with Crippen molar-refractivity contribution in [1.29, 1.82) is 0 Å². The van der Waals surface area contributed by atoms with Gasteiger partial charge in [0.1, 0.15) is 17.6 Å². The van der Waals surface area contributed by atoms with E-state index in [1.807, 2.05) is 0 Å². The Morgan fingerprint density at radius 1 is 0.722 bits per heavy atom. The molecule has 6 heteroatoms. The van der Waals surface area contributed by atoms with Gasteiger partial charge in [0.15, 0.2) is 0 Å². The average Bonchev–Trinajstić information content (AvgIpc) is 2.86. The first-order valence-electron chi connectivity index (χ1n) is 15.1. The number of rotatable bonds is 23. The second kappa shape index (κ2) is 19.9. The third kappa shape index (κ3) is 11.5. The van der Waals surface area contributed by atoms with Crippen LogP contribution in [0.3, 0.4) is 0 Å². The number of quaternary nitrogens is 1. The van der Waals surface area contributed by atoms with E-state index in [0.717, 1.165) is 81.0 Å². The smallest absolute Gasteiger partial charge is 0.511 e. The van der Waals surface area contributed by atoms with Crippen molar-refractivity contribution >= 4 is 7.32 Å². The van der Waals surface area contributed by atoms with Crippen LogP contribution in [0.15, 0.2) is 18.2 Å². The lowest BCUT2D eigenvalue weighted by Gasteiger charge is -2.45. The fourth-order valence-corrected chi connectivity index (χ4v) is 5.56. The molecule has 208 valence electrons. The lowest BCUT2D eigenvalue weighted by atomic mass is 9.96. The Morgan fingerprint density at radius 3 is 1.69 bits per heavy atom. The molecule has 1 rings (SSSR count). The normalized spacial score (nSPS) is 12.6. The molecule has 1 unspecified atom stereocenters. The van der Waals surface area contributed by atoms with Crippen molar-refractivity contribution in [3.05, 3.63) is 29.6 Å². The van der Waals surface area contributed by atoms with Crippen LogP contribution in [0.25, 0.3) is 0 Å². The molecule has 0 N–H and O–H groups in total. The van der Waals surface area contributed by atoms with Gasteiger partial charge in [-0.2, -0.15) is 0 Å². The summed E-state index contributed by atoms with van der Waals surface area (Å²) >= 11 is 0. The van der Waals surface area contributed by atoms with Crippen LogP contribution < -0.4 is 4.65 Å². The van der Waals surface area contributed by atoms with Crippen LogP contribution in [-0.4, -0.2) is 44.7 Å². The number of unbranched alkanes of at least 4 members (excludes halogenated alkanes) is 6.